The smallest absolute Gasteiger partial charge is 0.319 e. The Morgan fingerprint density at radius 2 is 1.67 bits per heavy atom. The Kier molecular flexibility index (Phi) is 7.01. The molecule has 0 unspecified atom stereocenters. The molecule has 3 rings (SSSR count). The third-order valence-electron chi connectivity index (χ3n) is 4.64. The highest BCUT2D eigenvalue weighted by molar-refractivity contribution is 14.1. The van der Waals surface area contributed by atoms with Gasteiger partial charge in [0.15, 0.2) is 0 Å². The van der Waals surface area contributed by atoms with E-state index in [0.717, 1.165) is 34.9 Å². The summed E-state index contributed by atoms with van der Waals surface area (Å²) in [6.45, 7) is -0.0748. The van der Waals surface area contributed by atoms with Crippen LogP contribution < -0.4 is 10.6 Å². The first-order valence-electron chi connectivity index (χ1n) is 8.89. The summed E-state index contributed by atoms with van der Waals surface area (Å²) >= 11 is 2.21. The Morgan fingerprint density at radius 1 is 1.04 bits per heavy atom. The zero-order chi connectivity index (χ0) is 19.2. The van der Waals surface area contributed by atoms with E-state index in [1.165, 1.54) is 18.2 Å². The van der Waals surface area contributed by atoms with Gasteiger partial charge in [-0.1, -0.05) is 6.07 Å². The molecule has 1 saturated carbocycles. The van der Waals surface area contributed by atoms with E-state index in [1.807, 2.05) is 24.3 Å². The van der Waals surface area contributed by atoms with E-state index in [1.54, 1.807) is 0 Å². The fraction of sp³-hybridized carbons (Fsp3) is 0.350. The standard InChI is InChI=1S/C20H21F2IN2O2/c21-18-2-1-3-19(22)17(18)12-27-16-10-8-15(9-11-16)25-20(26)24-14-6-4-13(23)5-7-14/h1-7,15-16H,8-12H2,(H2,24,25,26). The van der Waals surface area contributed by atoms with E-state index < -0.39 is 11.6 Å². The number of carbonyl (C=O) groups is 1. The maximum absolute atomic E-state index is 13.6. The number of halogens is 3. The molecule has 1 aliphatic carbocycles. The number of urea groups is 1. The number of nitrogens with one attached hydrogen (secondary N) is 2. The predicted octanol–water partition coefficient (Wildman–Crippen LogP) is 5.22. The largest absolute Gasteiger partial charge is 0.373 e. The predicted molar refractivity (Wildman–Crippen MR) is 109 cm³/mol. The van der Waals surface area contributed by atoms with Crippen molar-refractivity contribution in [2.45, 2.75) is 44.4 Å². The van der Waals surface area contributed by atoms with Crippen LogP contribution in [0.25, 0.3) is 0 Å². The highest BCUT2D eigenvalue weighted by Crippen LogP contribution is 2.23. The molecule has 4 nitrogen and oxygen atoms in total. The Bertz CT molecular complexity index is 758. The number of carbonyl (C=O) groups excluding carboxylic acids is 1. The summed E-state index contributed by atoms with van der Waals surface area (Å²) in [6.07, 6.45) is 2.96. The van der Waals surface area contributed by atoms with Gasteiger partial charge in [0.25, 0.3) is 0 Å². The van der Waals surface area contributed by atoms with Crippen molar-refractivity contribution in [2.75, 3.05) is 5.32 Å². The van der Waals surface area contributed by atoms with Gasteiger partial charge in [0.2, 0.25) is 0 Å². The van der Waals surface area contributed by atoms with Gasteiger partial charge in [-0.2, -0.15) is 0 Å². The van der Waals surface area contributed by atoms with Gasteiger partial charge in [0, 0.05) is 20.9 Å². The second kappa shape index (κ2) is 9.45. The van der Waals surface area contributed by atoms with E-state index in [4.69, 9.17) is 4.74 Å². The van der Waals surface area contributed by atoms with E-state index in [0.29, 0.717) is 0 Å². The third kappa shape index (κ3) is 5.87. The molecule has 144 valence electrons. The number of hydrogen-bond donors (Lipinski definition) is 2. The van der Waals surface area contributed by atoms with Crippen LogP contribution in [0.3, 0.4) is 0 Å². The molecule has 2 amide bonds. The molecule has 2 N–H and O–H groups in total. The zero-order valence-electron chi connectivity index (χ0n) is 14.7. The molecule has 0 spiro atoms. The van der Waals surface area contributed by atoms with E-state index in [2.05, 4.69) is 33.2 Å². The molecule has 0 atom stereocenters. The van der Waals surface area contributed by atoms with Crippen LogP contribution in [0.4, 0.5) is 19.3 Å². The first kappa shape index (κ1) is 20.0. The Hall–Kier alpha value is -1.74. The van der Waals surface area contributed by atoms with Crippen molar-refractivity contribution in [3.63, 3.8) is 0 Å². The zero-order valence-corrected chi connectivity index (χ0v) is 16.8. The van der Waals surface area contributed by atoms with Crippen molar-refractivity contribution in [3.8, 4) is 0 Å². The van der Waals surface area contributed by atoms with Crippen molar-refractivity contribution >= 4 is 34.3 Å². The minimum absolute atomic E-state index is 0.0327. The average Bonchev–Trinajstić information content (AvgIpc) is 2.64. The maximum atomic E-state index is 13.6. The summed E-state index contributed by atoms with van der Waals surface area (Å²) in [5.74, 6) is -1.17. The first-order valence-corrected chi connectivity index (χ1v) is 9.96. The van der Waals surface area contributed by atoms with Crippen LogP contribution in [0, 0.1) is 15.2 Å². The van der Waals surface area contributed by atoms with Gasteiger partial charge in [0.05, 0.1) is 12.7 Å². The summed E-state index contributed by atoms with van der Waals surface area (Å²) in [7, 11) is 0. The van der Waals surface area contributed by atoms with Gasteiger partial charge < -0.3 is 15.4 Å². The highest BCUT2D eigenvalue weighted by atomic mass is 127. The lowest BCUT2D eigenvalue weighted by molar-refractivity contribution is 0.00964. The SMILES string of the molecule is O=C(Nc1ccc(I)cc1)NC1CCC(OCc2c(F)cccc2F)CC1. The van der Waals surface area contributed by atoms with Crippen LogP contribution in [0.2, 0.25) is 0 Å². The molecule has 0 radical (unpaired) electrons. The molecule has 0 aliphatic heterocycles. The fourth-order valence-electron chi connectivity index (χ4n) is 3.13. The van der Waals surface area contributed by atoms with Crippen LogP contribution in [0.1, 0.15) is 31.2 Å². The summed E-state index contributed by atoms with van der Waals surface area (Å²) in [4.78, 5) is 12.1. The fourth-order valence-corrected chi connectivity index (χ4v) is 3.49. The van der Waals surface area contributed by atoms with Crippen LogP contribution in [-0.2, 0) is 11.3 Å². The lowest BCUT2D eigenvalue weighted by Crippen LogP contribution is -2.41. The van der Waals surface area contributed by atoms with E-state index in [-0.39, 0.29) is 30.3 Å². The molecule has 0 saturated heterocycles. The lowest BCUT2D eigenvalue weighted by Gasteiger charge is -2.29. The lowest BCUT2D eigenvalue weighted by atomic mass is 9.93. The maximum Gasteiger partial charge on any atom is 0.319 e. The minimum Gasteiger partial charge on any atom is -0.373 e. The van der Waals surface area contributed by atoms with E-state index >= 15 is 0 Å². The number of benzene rings is 2. The molecule has 0 aromatic heterocycles. The summed E-state index contributed by atoms with van der Waals surface area (Å²) in [5.41, 5.74) is 0.714. The van der Waals surface area contributed by atoms with Crippen LogP contribution in [0.15, 0.2) is 42.5 Å². The first-order chi connectivity index (χ1) is 13.0. The van der Waals surface area contributed by atoms with Gasteiger partial charge in [-0.05, 0) is 84.7 Å². The van der Waals surface area contributed by atoms with E-state index in [9.17, 15) is 13.6 Å². The molecule has 1 aliphatic rings. The van der Waals surface area contributed by atoms with Crippen molar-refractivity contribution < 1.29 is 18.3 Å². The normalized spacial score (nSPS) is 19.5. The second-order valence-corrected chi connectivity index (χ2v) is 7.84. The van der Waals surface area contributed by atoms with Crippen molar-refractivity contribution in [1.29, 1.82) is 0 Å². The topological polar surface area (TPSA) is 50.4 Å². The minimum atomic E-state index is -0.586. The second-order valence-electron chi connectivity index (χ2n) is 6.59. The molecule has 1 fully saturated rings. The monoisotopic (exact) mass is 486 g/mol. The molecule has 7 heteroatoms. The summed E-state index contributed by atoms with van der Waals surface area (Å²) in [6, 6.07) is 11.2. The van der Waals surface area contributed by atoms with Gasteiger partial charge in [-0.15, -0.1) is 0 Å². The number of rotatable bonds is 5. The quantitative estimate of drug-likeness (QED) is 0.570. The van der Waals surface area contributed by atoms with Crippen LogP contribution in [-0.4, -0.2) is 18.2 Å². The van der Waals surface area contributed by atoms with Crippen molar-refractivity contribution in [3.05, 3.63) is 63.2 Å². The Labute approximate surface area is 170 Å². The number of ether oxygens (including phenoxy) is 1. The van der Waals surface area contributed by atoms with Gasteiger partial charge in [-0.3, -0.25) is 0 Å². The van der Waals surface area contributed by atoms with Gasteiger partial charge in [-0.25, -0.2) is 13.6 Å². The van der Waals surface area contributed by atoms with Crippen LogP contribution in [0.5, 0.6) is 0 Å². The third-order valence-corrected chi connectivity index (χ3v) is 5.36. The Balaban J connectivity index is 1.41. The highest BCUT2D eigenvalue weighted by Gasteiger charge is 2.23. The molecule has 2 aromatic rings. The number of hydrogen-bond acceptors (Lipinski definition) is 2. The van der Waals surface area contributed by atoms with Crippen LogP contribution >= 0.6 is 22.6 Å². The molecule has 0 bridgehead atoms. The van der Waals surface area contributed by atoms with Gasteiger partial charge >= 0.3 is 6.03 Å². The number of amides is 2. The number of anilines is 1. The molecular weight excluding hydrogens is 465 g/mol. The summed E-state index contributed by atoms with van der Waals surface area (Å²) < 4.78 is 34.1. The molecular formula is C20H21F2IN2O2. The average molecular weight is 486 g/mol. The van der Waals surface area contributed by atoms with Crippen molar-refractivity contribution in [1.82, 2.24) is 5.32 Å². The summed E-state index contributed by atoms with van der Waals surface area (Å²) in [5, 5.41) is 5.79. The Morgan fingerprint density at radius 3 is 2.30 bits per heavy atom. The molecule has 0 heterocycles. The molecule has 27 heavy (non-hydrogen) atoms. The molecule has 2 aromatic carbocycles. The van der Waals surface area contributed by atoms with Gasteiger partial charge in [0.1, 0.15) is 11.6 Å². The van der Waals surface area contributed by atoms with Crippen molar-refractivity contribution in [2.24, 2.45) is 0 Å².